The number of hydrogen-bond donors (Lipinski definition) is 1. The summed E-state index contributed by atoms with van der Waals surface area (Å²) in [6.45, 7) is 2.14. The number of rotatable bonds is 3. The summed E-state index contributed by atoms with van der Waals surface area (Å²) >= 11 is 0. The lowest BCUT2D eigenvalue weighted by Crippen LogP contribution is -2.21. The fourth-order valence-corrected chi connectivity index (χ4v) is 5.70. The molecule has 2 bridgehead atoms. The molecule has 0 saturated heterocycles. The van der Waals surface area contributed by atoms with Crippen molar-refractivity contribution in [1.29, 1.82) is 0 Å². The minimum Gasteiger partial charge on any atom is -0.459 e. The highest BCUT2D eigenvalue weighted by molar-refractivity contribution is 5.78. The van der Waals surface area contributed by atoms with Gasteiger partial charge in [0.2, 0.25) is 0 Å². The lowest BCUT2D eigenvalue weighted by Gasteiger charge is -2.17. The molecule has 1 heterocycles. The van der Waals surface area contributed by atoms with Gasteiger partial charge in [-0.1, -0.05) is 11.6 Å². The van der Waals surface area contributed by atoms with Crippen LogP contribution in [-0.2, 0) is 0 Å². The molecule has 3 aliphatic rings. The molecular weight excluding hydrogens is 258 g/mol. The first-order valence-corrected chi connectivity index (χ1v) is 8.43. The third kappa shape index (κ3) is 1.63. The molecule has 1 N–H and O–H groups in total. The molecule has 3 fully saturated rings. The number of fused-ring (bicyclic) bond motifs is 6. The minimum atomic E-state index is 0.413. The number of furan rings is 1. The van der Waals surface area contributed by atoms with Crippen molar-refractivity contribution in [3.05, 3.63) is 35.6 Å². The highest BCUT2D eigenvalue weighted by Crippen LogP contribution is 2.72. The van der Waals surface area contributed by atoms with Crippen LogP contribution in [0.25, 0.3) is 11.0 Å². The average Bonchev–Trinajstić information content (AvgIpc) is 2.83. The highest BCUT2D eigenvalue weighted by atomic mass is 16.3. The van der Waals surface area contributed by atoms with Gasteiger partial charge in [0.25, 0.3) is 0 Å². The Balaban J connectivity index is 1.49. The van der Waals surface area contributed by atoms with E-state index in [9.17, 15) is 0 Å². The van der Waals surface area contributed by atoms with E-state index in [-0.39, 0.29) is 0 Å². The quantitative estimate of drug-likeness (QED) is 0.907. The maximum Gasteiger partial charge on any atom is 0.134 e. The molecule has 2 heteroatoms. The average molecular weight is 281 g/mol. The molecule has 0 aliphatic heterocycles. The second-order valence-electron chi connectivity index (χ2n) is 7.52. The van der Waals surface area contributed by atoms with Gasteiger partial charge >= 0.3 is 0 Å². The standard InChI is InChI=1S/C19H23NO/c1-10-3-6-14-13(7-10)9-15(21-14)19(20-2)18-16-11-4-5-12(8-11)17(16)18/h3,6-7,9,11-12,16-20H,4-5,8H2,1-2H3. The van der Waals surface area contributed by atoms with Crippen LogP contribution in [-0.4, -0.2) is 7.05 Å². The molecule has 5 rings (SSSR count). The third-order valence-corrected chi connectivity index (χ3v) is 6.49. The molecule has 1 aromatic heterocycles. The summed E-state index contributed by atoms with van der Waals surface area (Å²) in [5.74, 6) is 5.98. The minimum absolute atomic E-state index is 0.413. The normalized spacial score (nSPS) is 37.9. The van der Waals surface area contributed by atoms with E-state index < -0.39 is 0 Å². The van der Waals surface area contributed by atoms with E-state index in [4.69, 9.17) is 4.42 Å². The largest absolute Gasteiger partial charge is 0.459 e. The van der Waals surface area contributed by atoms with Crippen molar-refractivity contribution < 1.29 is 4.42 Å². The van der Waals surface area contributed by atoms with Gasteiger partial charge in [-0.05, 0) is 81.0 Å². The molecule has 0 amide bonds. The van der Waals surface area contributed by atoms with E-state index in [0.717, 1.165) is 40.9 Å². The zero-order valence-corrected chi connectivity index (χ0v) is 12.8. The van der Waals surface area contributed by atoms with E-state index in [0.29, 0.717) is 6.04 Å². The summed E-state index contributed by atoms with van der Waals surface area (Å²) in [6, 6.07) is 9.15. The van der Waals surface area contributed by atoms with Gasteiger partial charge in [-0.15, -0.1) is 0 Å². The Morgan fingerprint density at radius 1 is 1.14 bits per heavy atom. The summed E-state index contributed by atoms with van der Waals surface area (Å²) in [4.78, 5) is 0. The van der Waals surface area contributed by atoms with Crippen LogP contribution in [0.3, 0.4) is 0 Å². The second kappa shape index (κ2) is 4.13. The maximum absolute atomic E-state index is 6.17. The van der Waals surface area contributed by atoms with E-state index in [1.54, 1.807) is 0 Å². The number of benzene rings is 1. The van der Waals surface area contributed by atoms with Gasteiger partial charge in [-0.2, -0.15) is 0 Å². The van der Waals surface area contributed by atoms with Crippen molar-refractivity contribution in [3.8, 4) is 0 Å². The molecular formula is C19H23NO. The molecule has 0 spiro atoms. The topological polar surface area (TPSA) is 25.2 Å². The summed E-state index contributed by atoms with van der Waals surface area (Å²) in [5, 5.41) is 4.81. The predicted molar refractivity (Wildman–Crippen MR) is 84.1 cm³/mol. The zero-order valence-electron chi connectivity index (χ0n) is 12.8. The van der Waals surface area contributed by atoms with Crippen LogP contribution in [0.2, 0.25) is 0 Å². The Morgan fingerprint density at radius 2 is 1.90 bits per heavy atom. The molecule has 3 saturated carbocycles. The lowest BCUT2D eigenvalue weighted by atomic mass is 9.96. The van der Waals surface area contributed by atoms with Gasteiger partial charge in [0.15, 0.2) is 0 Å². The molecule has 110 valence electrons. The van der Waals surface area contributed by atoms with Crippen LogP contribution >= 0.6 is 0 Å². The van der Waals surface area contributed by atoms with Gasteiger partial charge in [0, 0.05) is 5.39 Å². The SMILES string of the molecule is CNC(c1cc2cc(C)ccc2o1)C1C2C3CCC(C3)C21. The monoisotopic (exact) mass is 281 g/mol. The lowest BCUT2D eigenvalue weighted by molar-refractivity contribution is 0.345. The van der Waals surface area contributed by atoms with Gasteiger partial charge in [0.1, 0.15) is 11.3 Å². The van der Waals surface area contributed by atoms with Crippen LogP contribution in [0, 0.1) is 36.5 Å². The summed E-state index contributed by atoms with van der Waals surface area (Å²) in [5.41, 5.74) is 2.34. The molecule has 0 radical (unpaired) electrons. The van der Waals surface area contributed by atoms with E-state index >= 15 is 0 Å². The summed E-state index contributed by atoms with van der Waals surface area (Å²) in [7, 11) is 2.10. The van der Waals surface area contributed by atoms with Crippen molar-refractivity contribution in [2.24, 2.45) is 29.6 Å². The molecule has 21 heavy (non-hydrogen) atoms. The Morgan fingerprint density at radius 3 is 2.62 bits per heavy atom. The fourth-order valence-electron chi connectivity index (χ4n) is 5.70. The van der Waals surface area contributed by atoms with Crippen molar-refractivity contribution in [3.63, 3.8) is 0 Å². The first kappa shape index (κ1) is 12.3. The van der Waals surface area contributed by atoms with E-state index in [1.165, 1.54) is 30.2 Å². The Hall–Kier alpha value is -1.28. The van der Waals surface area contributed by atoms with Crippen molar-refractivity contribution >= 4 is 11.0 Å². The molecule has 3 aliphatic carbocycles. The number of nitrogens with one attached hydrogen (secondary N) is 1. The molecule has 5 unspecified atom stereocenters. The molecule has 2 aromatic rings. The van der Waals surface area contributed by atoms with Crippen LogP contribution in [0.1, 0.15) is 36.6 Å². The number of aryl methyl sites for hydroxylation is 1. The van der Waals surface area contributed by atoms with Crippen LogP contribution in [0.4, 0.5) is 0 Å². The number of hydrogen-bond acceptors (Lipinski definition) is 2. The Bertz CT molecular complexity index is 687. The van der Waals surface area contributed by atoms with E-state index in [1.807, 2.05) is 0 Å². The molecule has 2 nitrogen and oxygen atoms in total. The molecule has 1 aromatic carbocycles. The first-order chi connectivity index (χ1) is 10.3. The summed E-state index contributed by atoms with van der Waals surface area (Å²) < 4.78 is 6.17. The van der Waals surface area contributed by atoms with Crippen LogP contribution < -0.4 is 5.32 Å². The van der Waals surface area contributed by atoms with Crippen molar-refractivity contribution in [1.82, 2.24) is 5.32 Å². The highest BCUT2D eigenvalue weighted by Gasteiger charge is 2.67. The van der Waals surface area contributed by atoms with Crippen molar-refractivity contribution in [2.75, 3.05) is 7.05 Å². The fraction of sp³-hybridized carbons (Fsp3) is 0.579. The Labute approximate surface area is 125 Å². The zero-order chi connectivity index (χ0) is 14.1. The maximum atomic E-state index is 6.17. The smallest absolute Gasteiger partial charge is 0.134 e. The van der Waals surface area contributed by atoms with Gasteiger partial charge in [-0.25, -0.2) is 0 Å². The van der Waals surface area contributed by atoms with Crippen molar-refractivity contribution in [2.45, 2.75) is 32.2 Å². The van der Waals surface area contributed by atoms with Crippen LogP contribution in [0.15, 0.2) is 28.7 Å². The van der Waals surface area contributed by atoms with Gasteiger partial charge in [-0.3, -0.25) is 0 Å². The summed E-state index contributed by atoms with van der Waals surface area (Å²) in [6.07, 6.45) is 4.48. The van der Waals surface area contributed by atoms with Gasteiger partial charge in [0.05, 0.1) is 6.04 Å². The third-order valence-electron chi connectivity index (χ3n) is 6.49. The van der Waals surface area contributed by atoms with E-state index in [2.05, 4.69) is 43.6 Å². The van der Waals surface area contributed by atoms with Gasteiger partial charge < -0.3 is 9.73 Å². The van der Waals surface area contributed by atoms with Crippen LogP contribution in [0.5, 0.6) is 0 Å². The first-order valence-electron chi connectivity index (χ1n) is 8.43. The molecule has 5 atom stereocenters. The predicted octanol–water partition coefficient (Wildman–Crippen LogP) is 4.29. The second-order valence-corrected chi connectivity index (χ2v) is 7.52. The Kier molecular flexibility index (Phi) is 2.42.